The molecule has 0 aliphatic rings. The molecule has 1 aromatic carbocycles. The van der Waals surface area contributed by atoms with Gasteiger partial charge in [0.05, 0.1) is 5.39 Å². The molecule has 3 nitrogen and oxygen atoms in total. The summed E-state index contributed by atoms with van der Waals surface area (Å²) in [6.45, 7) is 4.03. The standard InChI is InChI=1S/C15H12N2OS2/c1-2-8-17-14(18)12-11(10-6-4-3-5-7-10)9-20-13(12)16-15(17)19/h2-7,9H,1,8H2,(H,16,19)/p-1. The van der Waals surface area contributed by atoms with Crippen molar-refractivity contribution in [2.45, 2.75) is 11.7 Å². The van der Waals surface area contributed by atoms with Gasteiger partial charge >= 0.3 is 0 Å². The average Bonchev–Trinajstić information content (AvgIpc) is 2.88. The lowest BCUT2D eigenvalue weighted by atomic mass is 10.1. The van der Waals surface area contributed by atoms with Gasteiger partial charge < -0.3 is 17.2 Å². The molecule has 0 unspecified atom stereocenters. The Labute approximate surface area is 125 Å². The molecule has 0 atom stereocenters. The average molecular weight is 299 g/mol. The fraction of sp³-hybridized carbons (Fsp3) is 0.0667. The molecule has 0 saturated carbocycles. The van der Waals surface area contributed by atoms with E-state index in [0.29, 0.717) is 21.9 Å². The van der Waals surface area contributed by atoms with Gasteiger partial charge in [-0.05, 0) is 10.7 Å². The summed E-state index contributed by atoms with van der Waals surface area (Å²) in [6.07, 6.45) is 1.65. The number of thiophene rings is 1. The lowest BCUT2D eigenvalue weighted by molar-refractivity contribution is 0.675. The first-order valence-corrected chi connectivity index (χ1v) is 7.36. The number of rotatable bonds is 3. The molecule has 0 radical (unpaired) electrons. The SMILES string of the molecule is C=CCn1c([S-])nc2scc(-c3ccccc3)c2c1=O. The molecule has 20 heavy (non-hydrogen) atoms. The van der Waals surface area contributed by atoms with Gasteiger partial charge in [0.15, 0.2) is 0 Å². The molecule has 0 aliphatic heterocycles. The Balaban J connectivity index is 2.34. The Morgan fingerprint density at radius 1 is 1.35 bits per heavy atom. The Morgan fingerprint density at radius 2 is 2.10 bits per heavy atom. The van der Waals surface area contributed by atoms with E-state index < -0.39 is 0 Å². The van der Waals surface area contributed by atoms with Gasteiger partial charge in [-0.3, -0.25) is 4.79 Å². The molecule has 0 fully saturated rings. The molecule has 0 N–H and O–H groups in total. The molecule has 100 valence electrons. The lowest BCUT2D eigenvalue weighted by Gasteiger charge is -2.14. The van der Waals surface area contributed by atoms with Gasteiger partial charge in [-0.2, -0.15) is 0 Å². The normalized spacial score (nSPS) is 10.8. The van der Waals surface area contributed by atoms with E-state index in [1.165, 1.54) is 15.9 Å². The van der Waals surface area contributed by atoms with Crippen molar-refractivity contribution in [3.8, 4) is 11.1 Å². The number of fused-ring (bicyclic) bond motifs is 1. The second-order valence-electron chi connectivity index (χ2n) is 4.29. The van der Waals surface area contributed by atoms with E-state index >= 15 is 0 Å². The van der Waals surface area contributed by atoms with E-state index in [9.17, 15) is 4.79 Å². The van der Waals surface area contributed by atoms with Crippen LogP contribution in [0.25, 0.3) is 21.3 Å². The van der Waals surface area contributed by atoms with E-state index in [1.807, 2.05) is 35.7 Å². The van der Waals surface area contributed by atoms with E-state index in [1.54, 1.807) is 6.08 Å². The summed E-state index contributed by atoms with van der Waals surface area (Å²) in [7, 11) is 0. The van der Waals surface area contributed by atoms with Crippen LogP contribution in [0.1, 0.15) is 0 Å². The minimum Gasteiger partial charge on any atom is -0.742 e. The highest BCUT2D eigenvalue weighted by Gasteiger charge is 2.12. The van der Waals surface area contributed by atoms with Crippen LogP contribution in [-0.4, -0.2) is 9.55 Å². The van der Waals surface area contributed by atoms with Crippen LogP contribution in [0.15, 0.2) is 58.3 Å². The highest BCUT2D eigenvalue weighted by atomic mass is 32.1. The predicted molar refractivity (Wildman–Crippen MR) is 85.1 cm³/mol. The van der Waals surface area contributed by atoms with Crippen LogP contribution in [0.2, 0.25) is 0 Å². The van der Waals surface area contributed by atoms with Crippen LogP contribution in [0.5, 0.6) is 0 Å². The minimum atomic E-state index is -0.0972. The van der Waals surface area contributed by atoms with E-state index in [2.05, 4.69) is 11.6 Å². The maximum absolute atomic E-state index is 12.6. The first-order chi connectivity index (χ1) is 9.72. The van der Waals surface area contributed by atoms with Gasteiger partial charge in [-0.1, -0.05) is 36.4 Å². The van der Waals surface area contributed by atoms with E-state index in [0.717, 1.165) is 11.1 Å². The predicted octanol–water partition coefficient (Wildman–Crippen LogP) is 3.22. The molecular weight excluding hydrogens is 288 g/mol. The summed E-state index contributed by atoms with van der Waals surface area (Å²) in [5.74, 6) is 0. The van der Waals surface area contributed by atoms with E-state index in [4.69, 9.17) is 12.6 Å². The molecule has 5 heteroatoms. The first kappa shape index (κ1) is 13.0. The number of aromatic nitrogens is 2. The highest BCUT2D eigenvalue weighted by Crippen LogP contribution is 2.30. The van der Waals surface area contributed by atoms with Crippen molar-refractivity contribution in [3.63, 3.8) is 0 Å². The zero-order valence-corrected chi connectivity index (χ0v) is 12.2. The van der Waals surface area contributed by atoms with Crippen LogP contribution in [0.4, 0.5) is 0 Å². The molecule has 0 amide bonds. The molecule has 3 aromatic rings. The van der Waals surface area contributed by atoms with Crippen molar-refractivity contribution in [1.82, 2.24) is 9.55 Å². The summed E-state index contributed by atoms with van der Waals surface area (Å²) >= 11 is 6.62. The molecule has 2 aromatic heterocycles. The third kappa shape index (κ3) is 2.05. The minimum absolute atomic E-state index is 0.0972. The maximum atomic E-state index is 12.6. The fourth-order valence-corrected chi connectivity index (χ4v) is 3.37. The zero-order chi connectivity index (χ0) is 14.1. The van der Waals surface area contributed by atoms with Gasteiger partial charge in [-0.15, -0.1) is 17.9 Å². The largest absolute Gasteiger partial charge is 0.742 e. The third-order valence-corrected chi connectivity index (χ3v) is 4.24. The topological polar surface area (TPSA) is 34.9 Å². The maximum Gasteiger partial charge on any atom is 0.261 e. The molecular formula is C15H11N2OS2-. The lowest BCUT2D eigenvalue weighted by Crippen LogP contribution is -2.22. The number of nitrogens with zero attached hydrogens (tertiary/aromatic N) is 2. The van der Waals surface area contributed by atoms with Crippen molar-refractivity contribution < 1.29 is 0 Å². The molecule has 0 bridgehead atoms. The second-order valence-corrected chi connectivity index (χ2v) is 5.52. The van der Waals surface area contributed by atoms with Crippen LogP contribution in [-0.2, 0) is 19.2 Å². The Kier molecular flexibility index (Phi) is 3.38. The Bertz CT molecular complexity index is 834. The van der Waals surface area contributed by atoms with Gasteiger partial charge in [-0.25, -0.2) is 4.98 Å². The van der Waals surface area contributed by atoms with Crippen molar-refractivity contribution in [2.75, 3.05) is 0 Å². The monoisotopic (exact) mass is 299 g/mol. The third-order valence-electron chi connectivity index (χ3n) is 3.06. The van der Waals surface area contributed by atoms with E-state index in [-0.39, 0.29) is 5.56 Å². The van der Waals surface area contributed by atoms with Crippen molar-refractivity contribution >= 4 is 34.2 Å². The first-order valence-electron chi connectivity index (χ1n) is 6.07. The van der Waals surface area contributed by atoms with Crippen molar-refractivity contribution in [1.29, 1.82) is 0 Å². The van der Waals surface area contributed by atoms with Crippen molar-refractivity contribution in [2.24, 2.45) is 0 Å². The van der Waals surface area contributed by atoms with Crippen LogP contribution < -0.4 is 5.56 Å². The van der Waals surface area contributed by atoms with Crippen molar-refractivity contribution in [3.05, 3.63) is 58.7 Å². The number of hydrogen-bond donors (Lipinski definition) is 0. The smallest absolute Gasteiger partial charge is 0.261 e. The van der Waals surface area contributed by atoms with Crippen LogP contribution in [0, 0.1) is 0 Å². The fourth-order valence-electron chi connectivity index (χ4n) is 2.13. The van der Waals surface area contributed by atoms with Crippen LogP contribution >= 0.6 is 11.3 Å². The number of benzene rings is 1. The highest BCUT2D eigenvalue weighted by molar-refractivity contribution is 7.58. The molecule has 0 aliphatic carbocycles. The van der Waals surface area contributed by atoms with Gasteiger partial charge in [0.25, 0.3) is 5.56 Å². The summed E-state index contributed by atoms with van der Waals surface area (Å²) < 4.78 is 1.48. The summed E-state index contributed by atoms with van der Waals surface area (Å²) in [5.41, 5.74) is 1.83. The Morgan fingerprint density at radius 3 is 2.80 bits per heavy atom. The quantitative estimate of drug-likeness (QED) is 0.423. The second kappa shape index (κ2) is 5.19. The molecule has 0 saturated heterocycles. The molecule has 2 heterocycles. The number of hydrogen-bond acceptors (Lipinski definition) is 4. The number of allylic oxidation sites excluding steroid dienone is 1. The van der Waals surface area contributed by atoms with Gasteiger partial charge in [0, 0.05) is 17.5 Å². The molecule has 0 spiro atoms. The summed E-state index contributed by atoms with van der Waals surface area (Å²) in [5, 5.41) is 2.90. The Hall–Kier alpha value is -1.98. The van der Waals surface area contributed by atoms with Gasteiger partial charge in [0.2, 0.25) is 0 Å². The summed E-state index contributed by atoms with van der Waals surface area (Å²) in [4.78, 5) is 17.7. The van der Waals surface area contributed by atoms with Gasteiger partial charge in [0.1, 0.15) is 4.83 Å². The van der Waals surface area contributed by atoms with Crippen LogP contribution in [0.3, 0.4) is 0 Å². The summed E-state index contributed by atoms with van der Waals surface area (Å²) in [6, 6.07) is 9.83. The molecule has 3 rings (SSSR count). The zero-order valence-electron chi connectivity index (χ0n) is 10.6.